The van der Waals surface area contributed by atoms with Crippen LogP contribution in [0.25, 0.3) is 11.3 Å². The minimum absolute atomic E-state index is 0.0407. The van der Waals surface area contributed by atoms with Crippen LogP contribution in [0.5, 0.6) is 5.75 Å². The van der Waals surface area contributed by atoms with Crippen LogP contribution >= 0.6 is 11.3 Å². The Kier molecular flexibility index (Phi) is 4.37. The van der Waals surface area contributed by atoms with Gasteiger partial charge in [-0.1, -0.05) is 41.5 Å². The number of nitrogens with zero attached hydrogens (tertiary/aromatic N) is 1. The number of aliphatic hydroxyl groups excluding tert-OH is 1. The molecule has 22 heavy (non-hydrogen) atoms. The zero-order valence-corrected chi connectivity index (χ0v) is 15.0. The molecular weight excluding hydrogens is 294 g/mol. The van der Waals surface area contributed by atoms with Crippen LogP contribution < -0.4 is 0 Å². The summed E-state index contributed by atoms with van der Waals surface area (Å²) in [6, 6.07) is 4.03. The highest BCUT2D eigenvalue weighted by molar-refractivity contribution is 7.09. The number of aliphatic hydroxyl groups is 1. The molecule has 1 heterocycles. The first-order valence-corrected chi connectivity index (χ1v) is 8.35. The minimum Gasteiger partial charge on any atom is -0.507 e. The summed E-state index contributed by atoms with van der Waals surface area (Å²) >= 11 is 1.45. The zero-order chi connectivity index (χ0) is 16.7. The molecule has 0 spiro atoms. The van der Waals surface area contributed by atoms with E-state index >= 15 is 0 Å². The number of aromatic hydroxyl groups is 1. The lowest BCUT2D eigenvalue weighted by molar-refractivity contribution is 0.281. The van der Waals surface area contributed by atoms with Crippen LogP contribution in [0.2, 0.25) is 0 Å². The Balaban J connectivity index is 2.70. The Hall–Kier alpha value is -1.39. The highest BCUT2D eigenvalue weighted by atomic mass is 32.1. The predicted molar refractivity (Wildman–Crippen MR) is 92.5 cm³/mol. The molecule has 0 atom stereocenters. The third-order valence-electron chi connectivity index (χ3n) is 3.71. The molecule has 2 rings (SSSR count). The smallest absolute Gasteiger partial charge is 0.123 e. The van der Waals surface area contributed by atoms with Crippen molar-refractivity contribution in [1.29, 1.82) is 0 Å². The molecule has 0 unspecified atom stereocenters. The lowest BCUT2D eigenvalue weighted by Crippen LogP contribution is -2.17. The molecular formula is C18H25NO2S. The van der Waals surface area contributed by atoms with Crippen LogP contribution in [0.4, 0.5) is 0 Å². The summed E-state index contributed by atoms with van der Waals surface area (Å²) in [7, 11) is 0. The first-order valence-electron chi connectivity index (χ1n) is 7.47. The van der Waals surface area contributed by atoms with E-state index in [4.69, 9.17) is 0 Å². The van der Waals surface area contributed by atoms with Crippen LogP contribution in [0, 0.1) is 0 Å². The molecule has 2 aromatic rings. The largest absolute Gasteiger partial charge is 0.507 e. The highest BCUT2D eigenvalue weighted by Crippen LogP contribution is 2.42. The number of hydrogen-bond acceptors (Lipinski definition) is 4. The van der Waals surface area contributed by atoms with Gasteiger partial charge in [0.05, 0.1) is 12.3 Å². The number of rotatable bonds is 2. The molecule has 2 N–H and O–H groups in total. The fourth-order valence-electron chi connectivity index (χ4n) is 2.44. The number of hydrogen-bond donors (Lipinski definition) is 2. The summed E-state index contributed by atoms with van der Waals surface area (Å²) in [6.45, 7) is 12.5. The van der Waals surface area contributed by atoms with E-state index < -0.39 is 0 Å². The molecule has 120 valence electrons. The molecule has 0 aliphatic heterocycles. The van der Waals surface area contributed by atoms with Crippen molar-refractivity contribution < 1.29 is 10.2 Å². The fraction of sp³-hybridized carbons (Fsp3) is 0.500. The van der Waals surface area contributed by atoms with Crippen LogP contribution in [0.15, 0.2) is 17.5 Å². The van der Waals surface area contributed by atoms with Crippen molar-refractivity contribution in [2.45, 2.75) is 59.0 Å². The number of aromatic nitrogens is 1. The molecule has 0 fully saturated rings. The van der Waals surface area contributed by atoms with E-state index in [0.29, 0.717) is 10.8 Å². The number of thiazole rings is 1. The van der Waals surface area contributed by atoms with Gasteiger partial charge in [-0.05, 0) is 23.0 Å². The SMILES string of the molecule is CC(C)(C)c1cc(-c2csc(CO)n2)cc(C(C)(C)C)c1O. The van der Waals surface area contributed by atoms with Gasteiger partial charge in [-0.2, -0.15) is 0 Å². The van der Waals surface area contributed by atoms with E-state index in [1.54, 1.807) is 0 Å². The average Bonchev–Trinajstić information content (AvgIpc) is 2.85. The molecule has 0 aliphatic rings. The lowest BCUT2D eigenvalue weighted by atomic mass is 9.78. The molecule has 0 bridgehead atoms. The molecule has 1 aromatic heterocycles. The first kappa shape index (κ1) is 17.0. The van der Waals surface area contributed by atoms with E-state index in [0.717, 1.165) is 22.4 Å². The van der Waals surface area contributed by atoms with Gasteiger partial charge in [0.25, 0.3) is 0 Å². The molecule has 4 heteroatoms. The molecule has 1 aromatic carbocycles. The standard InChI is InChI=1S/C18H25NO2S/c1-17(2,3)12-7-11(14-10-22-15(9-20)19-14)8-13(16(12)21)18(4,5)6/h7-8,10,20-21H,9H2,1-6H3. The van der Waals surface area contributed by atoms with E-state index in [9.17, 15) is 10.2 Å². The summed E-state index contributed by atoms with van der Waals surface area (Å²) < 4.78 is 0. The molecule has 0 saturated carbocycles. The summed E-state index contributed by atoms with van der Waals surface area (Å²) in [5.74, 6) is 0.376. The lowest BCUT2D eigenvalue weighted by Gasteiger charge is -2.28. The Morgan fingerprint density at radius 3 is 1.86 bits per heavy atom. The van der Waals surface area contributed by atoms with Crippen LogP contribution in [-0.2, 0) is 17.4 Å². The Morgan fingerprint density at radius 1 is 1.00 bits per heavy atom. The number of phenols is 1. The molecule has 0 aliphatic carbocycles. The average molecular weight is 319 g/mol. The van der Waals surface area contributed by atoms with Crippen molar-refractivity contribution in [2.75, 3.05) is 0 Å². The molecule has 3 nitrogen and oxygen atoms in total. The van der Waals surface area contributed by atoms with Crippen molar-refractivity contribution in [1.82, 2.24) is 4.98 Å². The molecule has 0 amide bonds. The minimum atomic E-state index is -0.157. The Morgan fingerprint density at radius 2 is 1.50 bits per heavy atom. The van der Waals surface area contributed by atoms with Gasteiger partial charge in [-0.3, -0.25) is 0 Å². The summed E-state index contributed by atoms with van der Waals surface area (Å²) in [5.41, 5.74) is 3.38. The molecule has 0 radical (unpaired) electrons. The monoisotopic (exact) mass is 319 g/mol. The first-order chi connectivity index (χ1) is 10.0. The van der Waals surface area contributed by atoms with Crippen LogP contribution in [-0.4, -0.2) is 15.2 Å². The number of benzene rings is 1. The normalized spacial score (nSPS) is 12.7. The quantitative estimate of drug-likeness (QED) is 0.850. The third kappa shape index (κ3) is 3.33. The van der Waals surface area contributed by atoms with Gasteiger partial charge in [0.1, 0.15) is 10.8 Å². The second-order valence-corrected chi connectivity index (χ2v) is 8.65. The van der Waals surface area contributed by atoms with Crippen LogP contribution in [0.3, 0.4) is 0 Å². The summed E-state index contributed by atoms with van der Waals surface area (Å²) in [4.78, 5) is 4.46. The Labute approximate surface area is 136 Å². The van der Waals surface area contributed by atoms with E-state index in [1.807, 2.05) is 17.5 Å². The van der Waals surface area contributed by atoms with E-state index in [-0.39, 0.29) is 17.4 Å². The van der Waals surface area contributed by atoms with Crippen molar-refractivity contribution in [2.24, 2.45) is 0 Å². The van der Waals surface area contributed by atoms with Crippen molar-refractivity contribution >= 4 is 11.3 Å². The second kappa shape index (κ2) is 5.67. The second-order valence-electron chi connectivity index (χ2n) is 7.70. The fourth-order valence-corrected chi connectivity index (χ4v) is 3.10. The number of phenolic OH excluding ortho intramolecular Hbond substituents is 1. The van der Waals surface area contributed by atoms with Gasteiger partial charge in [0.15, 0.2) is 0 Å². The van der Waals surface area contributed by atoms with E-state index in [2.05, 4.69) is 46.5 Å². The Bertz CT molecular complexity index is 640. The van der Waals surface area contributed by atoms with Gasteiger partial charge in [-0.25, -0.2) is 4.98 Å². The van der Waals surface area contributed by atoms with Crippen LogP contribution in [0.1, 0.15) is 57.7 Å². The van der Waals surface area contributed by atoms with Gasteiger partial charge < -0.3 is 10.2 Å². The van der Waals surface area contributed by atoms with Crippen molar-refractivity contribution in [3.05, 3.63) is 33.6 Å². The highest BCUT2D eigenvalue weighted by Gasteiger charge is 2.27. The maximum atomic E-state index is 10.7. The van der Waals surface area contributed by atoms with Gasteiger partial charge in [-0.15, -0.1) is 11.3 Å². The third-order valence-corrected chi connectivity index (χ3v) is 4.54. The van der Waals surface area contributed by atoms with Gasteiger partial charge >= 0.3 is 0 Å². The molecule has 0 saturated heterocycles. The van der Waals surface area contributed by atoms with Crippen molar-refractivity contribution in [3.8, 4) is 17.0 Å². The summed E-state index contributed by atoms with van der Waals surface area (Å²) in [6.07, 6.45) is 0. The topological polar surface area (TPSA) is 53.4 Å². The zero-order valence-electron chi connectivity index (χ0n) is 14.2. The maximum absolute atomic E-state index is 10.7. The van der Waals surface area contributed by atoms with Crippen molar-refractivity contribution in [3.63, 3.8) is 0 Å². The van der Waals surface area contributed by atoms with Gasteiger partial charge in [0, 0.05) is 22.1 Å². The van der Waals surface area contributed by atoms with Gasteiger partial charge in [0.2, 0.25) is 0 Å². The predicted octanol–water partition coefficient (Wildman–Crippen LogP) is 4.60. The maximum Gasteiger partial charge on any atom is 0.123 e. The summed E-state index contributed by atoms with van der Waals surface area (Å²) in [5, 5.41) is 22.6. The van der Waals surface area contributed by atoms with E-state index in [1.165, 1.54) is 11.3 Å².